The van der Waals surface area contributed by atoms with Crippen LogP contribution in [0.4, 0.5) is 0 Å². The van der Waals surface area contributed by atoms with Gasteiger partial charge in [0.1, 0.15) is 0 Å². The van der Waals surface area contributed by atoms with Gasteiger partial charge in [0.25, 0.3) is 0 Å². The van der Waals surface area contributed by atoms with Crippen molar-refractivity contribution in [3.8, 4) is 33.4 Å². The summed E-state index contributed by atoms with van der Waals surface area (Å²) in [6.07, 6.45) is 0. The van der Waals surface area contributed by atoms with E-state index >= 15 is 0 Å². The van der Waals surface area contributed by atoms with E-state index in [1.54, 1.807) is 0 Å². The fraction of sp³-hybridized carbons (Fsp3) is 0.143. The quantitative estimate of drug-likeness (QED) is 0.192. The summed E-state index contributed by atoms with van der Waals surface area (Å²) in [6.45, 7) is 8.41. The topological polar surface area (TPSA) is 18.5 Å². The molecule has 8 rings (SSSR count). The summed E-state index contributed by atoms with van der Waals surface area (Å²) in [6, 6.07) is 50.7. The highest BCUT2D eigenvalue weighted by atomic mass is 16.7. The van der Waals surface area contributed by atoms with Crippen LogP contribution < -0.4 is 5.46 Å². The van der Waals surface area contributed by atoms with Crippen LogP contribution in [0, 0.1) is 0 Å². The second-order valence-electron chi connectivity index (χ2n) is 13.3. The van der Waals surface area contributed by atoms with Crippen molar-refractivity contribution in [2.24, 2.45) is 0 Å². The van der Waals surface area contributed by atoms with Gasteiger partial charge in [0.05, 0.1) is 11.2 Å². The van der Waals surface area contributed by atoms with Gasteiger partial charge < -0.3 is 9.31 Å². The largest absolute Gasteiger partial charge is 0.495 e. The fourth-order valence-electron chi connectivity index (χ4n) is 6.59. The van der Waals surface area contributed by atoms with Crippen molar-refractivity contribution in [3.05, 3.63) is 140 Å². The zero-order chi connectivity index (χ0) is 30.8. The van der Waals surface area contributed by atoms with E-state index in [-0.39, 0.29) is 11.2 Å². The van der Waals surface area contributed by atoms with Gasteiger partial charge in [-0.1, -0.05) is 115 Å². The molecule has 7 aromatic carbocycles. The van der Waals surface area contributed by atoms with Crippen LogP contribution in [0.25, 0.3) is 65.7 Å². The van der Waals surface area contributed by atoms with Crippen molar-refractivity contribution in [2.75, 3.05) is 0 Å². The van der Waals surface area contributed by atoms with Gasteiger partial charge in [-0.15, -0.1) is 0 Å². The van der Waals surface area contributed by atoms with E-state index in [0.29, 0.717) is 0 Å². The molecule has 1 saturated heterocycles. The smallest absolute Gasteiger partial charge is 0.399 e. The lowest BCUT2D eigenvalue weighted by molar-refractivity contribution is 0.00578. The lowest BCUT2D eigenvalue weighted by Crippen LogP contribution is -2.41. The average molecular weight is 583 g/mol. The minimum atomic E-state index is -0.399. The summed E-state index contributed by atoms with van der Waals surface area (Å²) in [7, 11) is -0.399. The third-order valence-electron chi connectivity index (χ3n) is 9.89. The maximum absolute atomic E-state index is 6.44. The Hall–Kier alpha value is -4.70. The van der Waals surface area contributed by atoms with Crippen LogP contribution in [-0.4, -0.2) is 18.3 Å². The summed E-state index contributed by atoms with van der Waals surface area (Å²) in [5.41, 5.74) is 7.61. The molecule has 0 N–H and O–H groups in total. The predicted molar refractivity (Wildman–Crippen MR) is 191 cm³/mol. The van der Waals surface area contributed by atoms with Crippen LogP contribution in [0.1, 0.15) is 27.7 Å². The third kappa shape index (κ3) is 4.84. The van der Waals surface area contributed by atoms with Gasteiger partial charge in [0, 0.05) is 0 Å². The van der Waals surface area contributed by atoms with E-state index in [9.17, 15) is 0 Å². The van der Waals surface area contributed by atoms with E-state index in [2.05, 4.69) is 167 Å². The number of hydrogen-bond acceptors (Lipinski definition) is 2. The lowest BCUT2D eigenvalue weighted by Gasteiger charge is -2.32. The molecule has 0 saturated carbocycles. The Bertz CT molecular complexity index is 2230. The monoisotopic (exact) mass is 582 g/mol. The highest BCUT2D eigenvalue weighted by molar-refractivity contribution is 6.65. The number of benzene rings is 7. The minimum Gasteiger partial charge on any atom is -0.399 e. The third-order valence-corrected chi connectivity index (χ3v) is 9.89. The molecule has 2 nitrogen and oxygen atoms in total. The van der Waals surface area contributed by atoms with Crippen LogP contribution in [-0.2, 0) is 9.31 Å². The maximum atomic E-state index is 6.44. The van der Waals surface area contributed by atoms with Crippen molar-refractivity contribution in [1.29, 1.82) is 0 Å². The molecule has 0 aromatic heterocycles. The Balaban J connectivity index is 1.13. The van der Waals surface area contributed by atoms with Gasteiger partial charge >= 0.3 is 7.12 Å². The molecule has 0 radical (unpaired) electrons. The lowest BCUT2D eigenvalue weighted by atomic mass is 9.75. The molecule has 0 atom stereocenters. The standard InChI is InChI=1S/C42H35BO2/c1-41(2)42(3,4)45-43(44-41)40-23-22-37(38-14-7-8-15-39(38)40)36-21-20-34-26-33(18-19-35(34)27-36)31-13-9-12-30(25-31)32-17-16-28-10-5-6-11-29(28)24-32/h5-27H,1-4H3. The zero-order valence-corrected chi connectivity index (χ0v) is 26.2. The Morgan fingerprint density at radius 2 is 0.889 bits per heavy atom. The molecule has 0 aliphatic carbocycles. The van der Waals surface area contributed by atoms with Gasteiger partial charge in [-0.25, -0.2) is 0 Å². The molecule has 1 fully saturated rings. The first-order valence-corrected chi connectivity index (χ1v) is 15.8. The SMILES string of the molecule is CC1(C)OB(c2ccc(-c3ccc4cc(-c5cccc(-c6ccc7ccccc7c6)c5)ccc4c3)c3ccccc23)OC1(C)C. The molecule has 218 valence electrons. The van der Waals surface area contributed by atoms with Gasteiger partial charge in [-0.2, -0.15) is 0 Å². The van der Waals surface area contributed by atoms with Crippen molar-refractivity contribution in [2.45, 2.75) is 38.9 Å². The molecule has 1 heterocycles. The van der Waals surface area contributed by atoms with Crippen LogP contribution in [0.2, 0.25) is 0 Å². The molecule has 0 spiro atoms. The highest BCUT2D eigenvalue weighted by Crippen LogP contribution is 2.38. The number of hydrogen-bond donors (Lipinski definition) is 0. The second-order valence-corrected chi connectivity index (χ2v) is 13.3. The summed E-state index contributed by atoms with van der Waals surface area (Å²) >= 11 is 0. The Morgan fingerprint density at radius 3 is 1.56 bits per heavy atom. The van der Waals surface area contributed by atoms with Crippen molar-refractivity contribution in [1.82, 2.24) is 0 Å². The molecular weight excluding hydrogens is 547 g/mol. The first-order chi connectivity index (χ1) is 21.8. The first kappa shape index (κ1) is 27.8. The molecule has 0 bridgehead atoms. The van der Waals surface area contributed by atoms with Crippen LogP contribution in [0.3, 0.4) is 0 Å². The van der Waals surface area contributed by atoms with E-state index in [4.69, 9.17) is 9.31 Å². The molecule has 0 unspecified atom stereocenters. The number of fused-ring (bicyclic) bond motifs is 3. The molecule has 7 aromatic rings. The summed E-state index contributed by atoms with van der Waals surface area (Å²) in [5, 5.41) is 7.34. The Morgan fingerprint density at radius 1 is 0.400 bits per heavy atom. The predicted octanol–water partition coefficient (Wildman–Crippen LogP) is 10.4. The molecular formula is C42H35BO2. The van der Waals surface area contributed by atoms with Crippen LogP contribution >= 0.6 is 0 Å². The molecule has 3 heteroatoms. The van der Waals surface area contributed by atoms with E-state index in [1.165, 1.54) is 60.3 Å². The average Bonchev–Trinajstić information content (AvgIpc) is 3.29. The Kier molecular flexibility index (Phi) is 6.46. The van der Waals surface area contributed by atoms with Gasteiger partial charge in [0.2, 0.25) is 0 Å². The molecule has 45 heavy (non-hydrogen) atoms. The van der Waals surface area contributed by atoms with E-state index in [0.717, 1.165) is 10.8 Å². The van der Waals surface area contributed by atoms with Crippen molar-refractivity contribution >= 4 is 44.9 Å². The first-order valence-electron chi connectivity index (χ1n) is 15.8. The highest BCUT2D eigenvalue weighted by Gasteiger charge is 2.52. The summed E-state index contributed by atoms with van der Waals surface area (Å²) in [5.74, 6) is 0. The van der Waals surface area contributed by atoms with Gasteiger partial charge in [-0.05, 0) is 123 Å². The molecule has 1 aliphatic heterocycles. The van der Waals surface area contributed by atoms with E-state index in [1.807, 2.05) is 0 Å². The normalized spacial score (nSPS) is 15.7. The van der Waals surface area contributed by atoms with E-state index < -0.39 is 7.12 Å². The van der Waals surface area contributed by atoms with Crippen molar-refractivity contribution in [3.63, 3.8) is 0 Å². The van der Waals surface area contributed by atoms with Gasteiger partial charge in [-0.3, -0.25) is 0 Å². The maximum Gasteiger partial charge on any atom is 0.495 e. The van der Waals surface area contributed by atoms with Gasteiger partial charge in [0.15, 0.2) is 0 Å². The fourth-order valence-corrected chi connectivity index (χ4v) is 6.59. The van der Waals surface area contributed by atoms with Crippen LogP contribution in [0.15, 0.2) is 140 Å². The Labute approximate surface area is 265 Å². The van der Waals surface area contributed by atoms with Crippen LogP contribution in [0.5, 0.6) is 0 Å². The molecule has 1 aliphatic rings. The number of rotatable bonds is 4. The zero-order valence-electron chi connectivity index (χ0n) is 26.2. The summed E-state index contributed by atoms with van der Waals surface area (Å²) in [4.78, 5) is 0. The van der Waals surface area contributed by atoms with Crippen molar-refractivity contribution < 1.29 is 9.31 Å². The summed E-state index contributed by atoms with van der Waals surface area (Å²) < 4.78 is 12.9. The molecule has 0 amide bonds. The second kappa shape index (κ2) is 10.4. The minimum absolute atomic E-state index is 0.383.